The fraction of sp³-hybridized carbons (Fsp3) is 0.636. The molecule has 0 saturated heterocycles. The number of hydrogen-bond donors (Lipinski definition) is 3. The number of amides is 1. The van der Waals surface area contributed by atoms with E-state index in [1.54, 1.807) is 0 Å². The Morgan fingerprint density at radius 3 is 2.62 bits per heavy atom. The molecule has 0 saturated carbocycles. The molecule has 0 fully saturated rings. The van der Waals surface area contributed by atoms with Crippen LogP contribution < -0.4 is 5.32 Å². The molecule has 0 aromatic rings. The molecule has 3 N–H and O–H groups in total. The van der Waals surface area contributed by atoms with Gasteiger partial charge in [0.2, 0.25) is 5.91 Å². The maximum atomic E-state index is 11.2. The third kappa shape index (κ3) is 7.83. The number of carboxylic acid groups (broad SMARTS) is 1. The minimum Gasteiger partial charge on any atom is -0.479 e. The Balaban J connectivity index is 3.44. The molecule has 0 heterocycles. The van der Waals surface area contributed by atoms with E-state index in [9.17, 15) is 9.59 Å². The van der Waals surface area contributed by atoms with E-state index < -0.39 is 12.1 Å². The first-order chi connectivity index (χ1) is 7.57. The van der Waals surface area contributed by atoms with Crippen LogP contribution in [0.4, 0.5) is 0 Å². The molecule has 1 unspecified atom stereocenters. The molecule has 1 atom stereocenters. The van der Waals surface area contributed by atoms with Gasteiger partial charge in [0.05, 0.1) is 0 Å². The van der Waals surface area contributed by atoms with E-state index in [0.29, 0.717) is 12.8 Å². The van der Waals surface area contributed by atoms with Crippen LogP contribution in [-0.4, -0.2) is 34.7 Å². The maximum absolute atomic E-state index is 11.2. The van der Waals surface area contributed by atoms with Crippen LogP contribution >= 0.6 is 0 Å². The van der Waals surface area contributed by atoms with Gasteiger partial charge in [-0.3, -0.25) is 4.79 Å². The predicted molar refractivity (Wildman–Crippen MR) is 58.6 cm³/mol. The zero-order valence-corrected chi connectivity index (χ0v) is 9.11. The molecule has 0 aromatic carbocycles. The summed E-state index contributed by atoms with van der Waals surface area (Å²) < 4.78 is 0. The van der Waals surface area contributed by atoms with E-state index in [-0.39, 0.29) is 18.9 Å². The van der Waals surface area contributed by atoms with Gasteiger partial charge in [-0.05, 0) is 12.8 Å². The van der Waals surface area contributed by atoms with Gasteiger partial charge >= 0.3 is 5.97 Å². The summed E-state index contributed by atoms with van der Waals surface area (Å²) in [5, 5.41) is 19.8. The molecule has 0 aliphatic heterocycles. The smallest absolute Gasteiger partial charge is 0.332 e. The first-order valence-corrected chi connectivity index (χ1v) is 5.19. The highest BCUT2D eigenvalue weighted by Crippen LogP contribution is 1.98. The van der Waals surface area contributed by atoms with E-state index >= 15 is 0 Å². The average molecular weight is 227 g/mol. The first kappa shape index (κ1) is 14.5. The van der Waals surface area contributed by atoms with Gasteiger partial charge in [-0.25, -0.2) is 4.79 Å². The first-order valence-electron chi connectivity index (χ1n) is 5.19. The highest BCUT2D eigenvalue weighted by Gasteiger charge is 2.12. The Labute approximate surface area is 94.8 Å². The van der Waals surface area contributed by atoms with Crippen LogP contribution in [0.1, 0.15) is 32.1 Å². The number of aliphatic hydroxyl groups excluding tert-OH is 1. The largest absolute Gasteiger partial charge is 0.479 e. The summed E-state index contributed by atoms with van der Waals surface area (Å²) in [6.07, 6.45) is 6.22. The zero-order chi connectivity index (χ0) is 12.4. The number of nitrogens with one attached hydrogen (secondary N) is 1. The minimum absolute atomic E-state index is 0.0193. The quantitative estimate of drug-likeness (QED) is 0.406. The maximum Gasteiger partial charge on any atom is 0.332 e. The van der Waals surface area contributed by atoms with Gasteiger partial charge in [-0.15, -0.1) is 12.3 Å². The van der Waals surface area contributed by atoms with Crippen LogP contribution in [0.15, 0.2) is 0 Å². The van der Waals surface area contributed by atoms with Crippen LogP contribution in [0.2, 0.25) is 0 Å². The molecule has 0 aromatic heterocycles. The molecule has 0 radical (unpaired) electrons. The van der Waals surface area contributed by atoms with Gasteiger partial charge in [0.25, 0.3) is 0 Å². The summed E-state index contributed by atoms with van der Waals surface area (Å²) in [6, 6.07) is 0. The molecule has 0 spiro atoms. The lowest BCUT2D eigenvalue weighted by molar-refractivity contribution is -0.147. The molecule has 0 aliphatic carbocycles. The SMILES string of the molecule is C#CCCCCC(=O)NCCC(O)C(=O)O. The molecule has 0 bridgehead atoms. The van der Waals surface area contributed by atoms with E-state index in [1.807, 2.05) is 0 Å². The number of aliphatic carboxylic acids is 1. The summed E-state index contributed by atoms with van der Waals surface area (Å²) in [5.41, 5.74) is 0. The van der Waals surface area contributed by atoms with Gasteiger partial charge in [-0.1, -0.05) is 0 Å². The Hall–Kier alpha value is -1.54. The van der Waals surface area contributed by atoms with Crippen molar-refractivity contribution in [2.75, 3.05) is 6.54 Å². The number of carbonyl (C=O) groups is 2. The average Bonchev–Trinajstić information content (AvgIpc) is 2.24. The van der Waals surface area contributed by atoms with Crippen molar-refractivity contribution < 1.29 is 19.8 Å². The van der Waals surface area contributed by atoms with E-state index in [1.165, 1.54) is 0 Å². The molecule has 16 heavy (non-hydrogen) atoms. The molecule has 90 valence electrons. The zero-order valence-electron chi connectivity index (χ0n) is 9.11. The van der Waals surface area contributed by atoms with Crippen molar-refractivity contribution in [3.8, 4) is 12.3 Å². The Morgan fingerprint density at radius 1 is 1.38 bits per heavy atom. The second-order valence-corrected chi connectivity index (χ2v) is 3.40. The molecular formula is C11H17NO4. The van der Waals surface area contributed by atoms with Crippen molar-refractivity contribution in [3.63, 3.8) is 0 Å². The molecule has 1 amide bonds. The summed E-state index contributed by atoms with van der Waals surface area (Å²) in [7, 11) is 0. The van der Waals surface area contributed by atoms with E-state index in [4.69, 9.17) is 16.6 Å². The van der Waals surface area contributed by atoms with Gasteiger partial charge in [0, 0.05) is 25.8 Å². The molecular weight excluding hydrogens is 210 g/mol. The monoisotopic (exact) mass is 227 g/mol. The number of terminal acetylenes is 1. The van der Waals surface area contributed by atoms with Crippen LogP contribution in [0, 0.1) is 12.3 Å². The van der Waals surface area contributed by atoms with Gasteiger partial charge < -0.3 is 15.5 Å². The summed E-state index contributed by atoms with van der Waals surface area (Å²) in [6.45, 7) is 0.168. The predicted octanol–water partition coefficient (Wildman–Crippen LogP) is 0.132. The van der Waals surface area contributed by atoms with Crippen LogP contribution in [0.25, 0.3) is 0 Å². The van der Waals surface area contributed by atoms with Crippen LogP contribution in [-0.2, 0) is 9.59 Å². The molecule has 5 nitrogen and oxygen atoms in total. The second-order valence-electron chi connectivity index (χ2n) is 3.40. The number of aliphatic hydroxyl groups is 1. The number of hydrogen-bond acceptors (Lipinski definition) is 3. The number of rotatable bonds is 8. The molecule has 0 aliphatic rings. The minimum atomic E-state index is -1.42. The topological polar surface area (TPSA) is 86.6 Å². The normalized spacial score (nSPS) is 11.5. The number of carbonyl (C=O) groups excluding carboxylic acids is 1. The van der Waals surface area contributed by atoms with Crippen LogP contribution in [0.5, 0.6) is 0 Å². The van der Waals surface area contributed by atoms with Gasteiger partial charge in [0.15, 0.2) is 6.10 Å². The van der Waals surface area contributed by atoms with Crippen LogP contribution in [0.3, 0.4) is 0 Å². The third-order valence-corrected chi connectivity index (χ3v) is 2.00. The Morgan fingerprint density at radius 2 is 2.06 bits per heavy atom. The lowest BCUT2D eigenvalue weighted by atomic mass is 10.2. The summed E-state index contributed by atoms with van der Waals surface area (Å²) in [4.78, 5) is 21.4. The fourth-order valence-electron chi connectivity index (χ4n) is 1.07. The lowest BCUT2D eigenvalue weighted by Gasteiger charge is -2.06. The van der Waals surface area contributed by atoms with Crippen molar-refractivity contribution >= 4 is 11.9 Å². The molecule has 5 heteroatoms. The molecule has 0 rings (SSSR count). The third-order valence-electron chi connectivity index (χ3n) is 2.00. The highest BCUT2D eigenvalue weighted by molar-refractivity contribution is 5.76. The van der Waals surface area contributed by atoms with Crippen molar-refractivity contribution in [1.29, 1.82) is 0 Å². The van der Waals surface area contributed by atoms with Crippen molar-refractivity contribution in [1.82, 2.24) is 5.32 Å². The van der Waals surface area contributed by atoms with E-state index in [2.05, 4.69) is 11.2 Å². The van der Waals surface area contributed by atoms with Gasteiger partial charge in [0.1, 0.15) is 0 Å². The van der Waals surface area contributed by atoms with Crippen molar-refractivity contribution in [2.24, 2.45) is 0 Å². The Kier molecular flexibility index (Phi) is 7.90. The van der Waals surface area contributed by atoms with Gasteiger partial charge in [-0.2, -0.15) is 0 Å². The number of carboxylic acids is 1. The lowest BCUT2D eigenvalue weighted by Crippen LogP contribution is -2.29. The Bertz CT molecular complexity index is 270. The van der Waals surface area contributed by atoms with E-state index in [0.717, 1.165) is 12.8 Å². The fourth-order valence-corrected chi connectivity index (χ4v) is 1.07. The van der Waals surface area contributed by atoms with Crippen molar-refractivity contribution in [2.45, 2.75) is 38.2 Å². The van der Waals surface area contributed by atoms with Crippen molar-refractivity contribution in [3.05, 3.63) is 0 Å². The summed E-state index contributed by atoms with van der Waals surface area (Å²) >= 11 is 0. The summed E-state index contributed by atoms with van der Waals surface area (Å²) in [5.74, 6) is 1.06. The standard InChI is InChI=1S/C11H17NO4/c1-2-3-4-5-6-10(14)12-8-7-9(13)11(15)16/h1,9,13H,3-8H2,(H,12,14)(H,15,16). The second kappa shape index (κ2) is 8.74. The number of unbranched alkanes of at least 4 members (excludes halogenated alkanes) is 2. The highest BCUT2D eigenvalue weighted by atomic mass is 16.4.